The number of amides is 1. The zero-order valence-electron chi connectivity index (χ0n) is 16.8. The number of hydrogen-bond acceptors (Lipinski definition) is 5. The summed E-state index contributed by atoms with van der Waals surface area (Å²) in [6, 6.07) is 9.25. The molecule has 32 heavy (non-hydrogen) atoms. The van der Waals surface area contributed by atoms with Gasteiger partial charge in [-0.15, -0.1) is 0 Å². The Bertz CT molecular complexity index is 1040. The number of hydrazine groups is 1. The van der Waals surface area contributed by atoms with E-state index in [1.165, 1.54) is 19.2 Å². The highest BCUT2D eigenvalue weighted by Crippen LogP contribution is 2.31. The Kier molecular flexibility index (Phi) is 6.68. The molecule has 2 aromatic rings. The van der Waals surface area contributed by atoms with Crippen molar-refractivity contribution in [2.24, 2.45) is 0 Å². The van der Waals surface area contributed by atoms with Crippen LogP contribution in [0.3, 0.4) is 0 Å². The summed E-state index contributed by atoms with van der Waals surface area (Å²) in [6.45, 7) is -1.27. The summed E-state index contributed by atoms with van der Waals surface area (Å²) >= 11 is 0. The number of rotatable bonds is 6. The highest BCUT2D eigenvalue weighted by atomic mass is 19.4. The normalized spacial score (nSPS) is 17.7. The number of alkyl halides is 3. The van der Waals surface area contributed by atoms with Crippen molar-refractivity contribution in [1.82, 2.24) is 15.8 Å². The summed E-state index contributed by atoms with van der Waals surface area (Å²) in [6.07, 6.45) is -3.92. The zero-order chi connectivity index (χ0) is 23.5. The summed E-state index contributed by atoms with van der Waals surface area (Å²) in [5, 5.41) is 20.5. The van der Waals surface area contributed by atoms with Crippen LogP contribution >= 0.6 is 0 Å². The first kappa shape index (κ1) is 23.1. The van der Waals surface area contributed by atoms with Crippen molar-refractivity contribution in [3.63, 3.8) is 0 Å². The average Bonchev–Trinajstić information content (AvgIpc) is 3.06. The van der Waals surface area contributed by atoms with E-state index in [0.717, 1.165) is 6.07 Å². The van der Waals surface area contributed by atoms with Gasteiger partial charge in [0.25, 0.3) is 5.91 Å². The minimum Gasteiger partial charge on any atom is -0.515 e. The van der Waals surface area contributed by atoms with E-state index in [4.69, 9.17) is 10.1 Å². The maximum Gasteiger partial charge on any atom is 0.407 e. The fourth-order valence-corrected chi connectivity index (χ4v) is 3.24. The van der Waals surface area contributed by atoms with Crippen molar-refractivity contribution in [1.29, 1.82) is 5.41 Å². The van der Waals surface area contributed by atoms with Crippen molar-refractivity contribution < 1.29 is 32.2 Å². The van der Waals surface area contributed by atoms with Gasteiger partial charge in [-0.3, -0.25) is 15.2 Å². The Morgan fingerprint density at radius 2 is 1.97 bits per heavy atom. The quantitative estimate of drug-likeness (QED) is 0.397. The second-order valence-corrected chi connectivity index (χ2v) is 6.97. The predicted molar refractivity (Wildman–Crippen MR) is 108 cm³/mol. The first-order valence-corrected chi connectivity index (χ1v) is 9.37. The molecule has 11 heteroatoms. The lowest BCUT2D eigenvalue weighted by molar-refractivity contribution is -0.142. The van der Waals surface area contributed by atoms with Crippen LogP contribution < -0.4 is 15.5 Å². The zero-order valence-corrected chi connectivity index (χ0v) is 16.8. The Labute approximate surface area is 180 Å². The number of ether oxygens (including phenoxy) is 1. The molecule has 1 aliphatic heterocycles. The molecule has 4 N–H and O–H groups in total. The summed E-state index contributed by atoms with van der Waals surface area (Å²) < 4.78 is 56.7. The summed E-state index contributed by atoms with van der Waals surface area (Å²) in [7, 11) is 1.37. The molecule has 1 fully saturated rings. The van der Waals surface area contributed by atoms with Crippen LogP contribution in [0.4, 0.5) is 17.6 Å². The van der Waals surface area contributed by atoms with Crippen molar-refractivity contribution in [3.05, 3.63) is 76.8 Å². The molecule has 1 unspecified atom stereocenters. The van der Waals surface area contributed by atoms with Crippen LogP contribution in [0, 0.1) is 11.2 Å². The number of halogens is 4. The molecule has 2 aromatic carbocycles. The third-order valence-electron chi connectivity index (χ3n) is 4.79. The highest BCUT2D eigenvalue weighted by Gasteiger charge is 2.40. The highest BCUT2D eigenvalue weighted by molar-refractivity contribution is 5.99. The summed E-state index contributed by atoms with van der Waals surface area (Å²) in [4.78, 5) is 12.4. The van der Waals surface area contributed by atoms with E-state index >= 15 is 0 Å². The Hall–Kier alpha value is -3.60. The van der Waals surface area contributed by atoms with Gasteiger partial charge in [-0.05, 0) is 29.3 Å². The van der Waals surface area contributed by atoms with Gasteiger partial charge >= 0.3 is 6.18 Å². The van der Waals surface area contributed by atoms with Crippen LogP contribution in [-0.2, 0) is 6.54 Å². The second kappa shape index (κ2) is 9.27. The minimum absolute atomic E-state index is 0.00602. The van der Waals surface area contributed by atoms with Gasteiger partial charge in [0.15, 0.2) is 0 Å². The van der Waals surface area contributed by atoms with Gasteiger partial charge in [-0.1, -0.05) is 24.3 Å². The predicted octanol–water partition coefficient (Wildman–Crippen LogP) is 3.61. The number of nitrogens with zero attached hydrogens (tertiary/aromatic N) is 1. The molecule has 170 valence electrons. The van der Waals surface area contributed by atoms with Gasteiger partial charge in [0, 0.05) is 6.54 Å². The number of methoxy groups -OCH3 is 1. The smallest absolute Gasteiger partial charge is 0.407 e. The van der Waals surface area contributed by atoms with E-state index in [1.807, 2.05) is 0 Å². The fourth-order valence-electron chi connectivity index (χ4n) is 3.24. The molecular weight excluding hydrogens is 432 g/mol. The lowest BCUT2D eigenvalue weighted by atomic mass is 9.99. The van der Waals surface area contributed by atoms with E-state index in [-0.39, 0.29) is 23.4 Å². The minimum atomic E-state index is -4.53. The van der Waals surface area contributed by atoms with E-state index in [0.29, 0.717) is 22.4 Å². The number of carbonyl (C=O) groups excluding carboxylic acids is 1. The molecule has 0 spiro atoms. The van der Waals surface area contributed by atoms with Crippen molar-refractivity contribution in [2.75, 3.05) is 13.7 Å². The van der Waals surface area contributed by atoms with Gasteiger partial charge in [-0.25, -0.2) is 9.82 Å². The number of aliphatic hydroxyl groups excluding tert-OH is 1. The van der Waals surface area contributed by atoms with Gasteiger partial charge in [0.05, 0.1) is 30.6 Å². The molecule has 1 heterocycles. The second-order valence-electron chi connectivity index (χ2n) is 6.97. The van der Waals surface area contributed by atoms with Crippen LogP contribution in [0.1, 0.15) is 27.5 Å². The lowest BCUT2D eigenvalue weighted by Gasteiger charge is -2.20. The lowest BCUT2D eigenvalue weighted by Crippen LogP contribution is -2.41. The number of nitrogens with one attached hydrogen (secondary N) is 3. The van der Waals surface area contributed by atoms with Gasteiger partial charge < -0.3 is 15.2 Å². The Morgan fingerprint density at radius 3 is 2.56 bits per heavy atom. The van der Waals surface area contributed by atoms with Crippen LogP contribution in [0.2, 0.25) is 0 Å². The largest absolute Gasteiger partial charge is 0.515 e. The standard InChI is InChI=1S/C21H20F4N4O3/c1-32-17-7-6-14(22)8-15(17)20(31)27-9-12-2-4-13(5-3-12)18-16(10-30)19(26)29(28-18)11-21(23,24)25/h2-8,10,18,26,28,30H,9,11H2,1H3,(H,27,31). The average molecular weight is 452 g/mol. The molecule has 1 aliphatic rings. The number of benzene rings is 2. The Balaban J connectivity index is 1.68. The third-order valence-corrected chi connectivity index (χ3v) is 4.79. The van der Waals surface area contributed by atoms with E-state index < -0.39 is 36.3 Å². The molecule has 0 aliphatic carbocycles. The molecule has 0 saturated carbocycles. The van der Waals surface area contributed by atoms with Gasteiger partial charge in [-0.2, -0.15) is 13.2 Å². The van der Waals surface area contributed by atoms with Gasteiger partial charge in [0.1, 0.15) is 23.9 Å². The third kappa shape index (κ3) is 5.17. The fraction of sp³-hybridized carbons (Fsp3) is 0.238. The molecule has 0 bridgehead atoms. The first-order chi connectivity index (χ1) is 15.1. The molecule has 0 aromatic heterocycles. The molecule has 1 saturated heterocycles. The molecule has 0 radical (unpaired) electrons. The van der Waals surface area contributed by atoms with Crippen molar-refractivity contribution in [3.8, 4) is 5.75 Å². The number of hydrogen-bond donors (Lipinski definition) is 4. The number of amidine groups is 1. The number of aliphatic hydroxyl groups is 1. The number of carbonyl (C=O) groups is 1. The van der Waals surface area contributed by atoms with E-state index in [1.54, 1.807) is 24.3 Å². The SMILES string of the molecule is COc1ccc(F)cc1C(=O)NCc1ccc(C2NN(CC(F)(F)F)C(=N)C2=CO)cc1. The molecule has 1 atom stereocenters. The van der Waals surface area contributed by atoms with Crippen molar-refractivity contribution >= 4 is 11.7 Å². The van der Waals surface area contributed by atoms with E-state index in [9.17, 15) is 27.5 Å². The maximum absolute atomic E-state index is 13.5. The van der Waals surface area contributed by atoms with Crippen LogP contribution in [0.15, 0.2) is 54.3 Å². The molecule has 1 amide bonds. The van der Waals surface area contributed by atoms with Crippen LogP contribution in [-0.4, -0.2) is 41.7 Å². The summed E-state index contributed by atoms with van der Waals surface area (Å²) in [5.41, 5.74) is 3.79. The molecular formula is C21H20F4N4O3. The van der Waals surface area contributed by atoms with Crippen LogP contribution in [0.5, 0.6) is 5.75 Å². The topological polar surface area (TPSA) is 97.7 Å². The Morgan fingerprint density at radius 1 is 1.28 bits per heavy atom. The monoisotopic (exact) mass is 452 g/mol. The first-order valence-electron chi connectivity index (χ1n) is 9.37. The molecule has 3 rings (SSSR count). The molecule has 7 nitrogen and oxygen atoms in total. The summed E-state index contributed by atoms with van der Waals surface area (Å²) in [5.74, 6) is -1.37. The van der Waals surface area contributed by atoms with E-state index in [2.05, 4.69) is 10.7 Å². The van der Waals surface area contributed by atoms with Gasteiger partial charge in [0.2, 0.25) is 0 Å². The maximum atomic E-state index is 13.5. The van der Waals surface area contributed by atoms with Crippen LogP contribution in [0.25, 0.3) is 0 Å². The van der Waals surface area contributed by atoms with Crippen molar-refractivity contribution in [2.45, 2.75) is 18.8 Å².